The number of carbonyl (C=O) groups is 1. The largest absolute Gasteiger partial charge is 0.394 e. The summed E-state index contributed by atoms with van der Waals surface area (Å²) in [6.07, 6.45) is 0.997. The zero-order valence-corrected chi connectivity index (χ0v) is 23.5. The van der Waals surface area contributed by atoms with Crippen LogP contribution in [0.25, 0.3) is 11.3 Å². The molecule has 0 amide bonds. The fourth-order valence-electron chi connectivity index (χ4n) is 5.15. The van der Waals surface area contributed by atoms with Gasteiger partial charge in [0.05, 0.1) is 31.6 Å². The first-order chi connectivity index (χ1) is 20.7. The number of benzene rings is 2. The van der Waals surface area contributed by atoms with Crippen LogP contribution in [-0.2, 0) is 27.3 Å². The molecular formula is C29H27ClF3N5O5. The van der Waals surface area contributed by atoms with Crippen molar-refractivity contribution in [3.63, 3.8) is 0 Å². The highest BCUT2D eigenvalue weighted by atomic mass is 35.5. The van der Waals surface area contributed by atoms with Crippen LogP contribution in [0, 0.1) is 23.4 Å². The molecule has 6 atom stereocenters. The summed E-state index contributed by atoms with van der Waals surface area (Å²) in [7, 11) is 0. The van der Waals surface area contributed by atoms with Crippen LogP contribution in [0.1, 0.15) is 24.1 Å². The Hall–Kier alpha value is -3.75. The standard InChI is InChI=1S/C29H27ClF3N5O5/c1-15-26(38-11-22(36-37-38)18-7-20(31)25(33)21(32)8-18)27(41)24(12-39)43-28(15)29(23(40)6-17-9-34-14-35-10-17)42-13-16-2-4-19(30)5-3-16/h2-5,7-11,14-15,24,26-29,39,41H,6,12-13H2,1H3/t15?,24?,26-,27+,28-,29-/m1/s1. The average Bonchev–Trinajstić information content (AvgIpc) is 3.48. The van der Waals surface area contributed by atoms with Gasteiger partial charge in [0.25, 0.3) is 0 Å². The van der Waals surface area contributed by atoms with Gasteiger partial charge in [-0.1, -0.05) is 35.9 Å². The van der Waals surface area contributed by atoms with E-state index in [-0.39, 0.29) is 30.1 Å². The molecule has 2 aromatic carbocycles. The van der Waals surface area contributed by atoms with E-state index in [9.17, 15) is 28.2 Å². The number of hydrogen-bond donors (Lipinski definition) is 2. The second-order valence-corrected chi connectivity index (χ2v) is 10.7. The molecule has 0 saturated carbocycles. The summed E-state index contributed by atoms with van der Waals surface area (Å²) < 4.78 is 54.8. The Morgan fingerprint density at radius 1 is 1.12 bits per heavy atom. The van der Waals surface area contributed by atoms with Gasteiger partial charge in [-0.25, -0.2) is 27.8 Å². The minimum atomic E-state index is -1.62. The Morgan fingerprint density at radius 3 is 2.44 bits per heavy atom. The molecule has 0 spiro atoms. The van der Waals surface area contributed by atoms with Gasteiger partial charge in [-0.2, -0.15) is 0 Å². The molecule has 10 nitrogen and oxygen atoms in total. The fraction of sp³-hybridized carbons (Fsp3) is 0.345. The fourth-order valence-corrected chi connectivity index (χ4v) is 5.27. The highest BCUT2D eigenvalue weighted by Gasteiger charge is 2.49. The molecule has 3 heterocycles. The number of nitrogens with zero attached hydrogens (tertiary/aromatic N) is 5. The Bertz CT molecular complexity index is 1540. The lowest BCUT2D eigenvalue weighted by Crippen LogP contribution is -2.57. The number of aliphatic hydroxyl groups excluding tert-OH is 2. The molecule has 43 heavy (non-hydrogen) atoms. The second kappa shape index (κ2) is 13.3. The number of ketones is 1. The van der Waals surface area contributed by atoms with Crippen molar-refractivity contribution in [2.24, 2.45) is 5.92 Å². The second-order valence-electron chi connectivity index (χ2n) is 10.2. The summed E-state index contributed by atoms with van der Waals surface area (Å²) in [4.78, 5) is 21.6. The minimum absolute atomic E-state index is 0.0106. The predicted octanol–water partition coefficient (Wildman–Crippen LogP) is 3.50. The molecule has 1 aliphatic rings. The SMILES string of the molecule is CC1[C@H]([C@H](OCc2ccc(Cl)cc2)C(=O)Cc2cncnc2)OC(CO)[C@H](O)[C@@H]1n1cc(-c2cc(F)c(F)c(F)c2)nn1. The van der Waals surface area contributed by atoms with Gasteiger partial charge >= 0.3 is 0 Å². The predicted molar refractivity (Wildman–Crippen MR) is 146 cm³/mol. The van der Waals surface area contributed by atoms with Crippen LogP contribution < -0.4 is 0 Å². The molecule has 4 aromatic rings. The highest BCUT2D eigenvalue weighted by molar-refractivity contribution is 6.30. The van der Waals surface area contributed by atoms with Crippen LogP contribution >= 0.6 is 11.6 Å². The molecular weight excluding hydrogens is 591 g/mol. The van der Waals surface area contributed by atoms with Crippen LogP contribution in [0.15, 0.2) is 61.3 Å². The summed E-state index contributed by atoms with van der Waals surface area (Å²) in [5.41, 5.74) is 1.22. The number of rotatable bonds is 10. The Kier molecular flexibility index (Phi) is 9.47. The number of aliphatic hydroxyl groups is 2. The Morgan fingerprint density at radius 2 is 1.79 bits per heavy atom. The molecule has 1 saturated heterocycles. The number of Topliss-reactive ketones (excluding diaryl/α,β-unsaturated/α-hetero) is 1. The molecule has 5 rings (SSSR count). The molecule has 14 heteroatoms. The molecule has 226 valence electrons. The van der Waals surface area contributed by atoms with Crippen molar-refractivity contribution < 1.29 is 37.7 Å². The third-order valence-corrected chi connectivity index (χ3v) is 7.60. The van der Waals surface area contributed by atoms with E-state index in [0.29, 0.717) is 10.6 Å². The maximum absolute atomic E-state index is 13.9. The molecule has 0 radical (unpaired) electrons. The first-order valence-electron chi connectivity index (χ1n) is 13.3. The lowest BCUT2D eigenvalue weighted by atomic mass is 9.82. The van der Waals surface area contributed by atoms with E-state index < -0.39 is 60.4 Å². The number of carbonyl (C=O) groups excluding carboxylic acids is 1. The summed E-state index contributed by atoms with van der Waals surface area (Å²) in [6, 6.07) is 7.52. The van der Waals surface area contributed by atoms with E-state index in [1.54, 1.807) is 31.2 Å². The van der Waals surface area contributed by atoms with Gasteiger partial charge in [0.2, 0.25) is 0 Å². The van der Waals surface area contributed by atoms with Gasteiger partial charge < -0.3 is 19.7 Å². The number of aromatic nitrogens is 5. The molecule has 1 fully saturated rings. The third-order valence-electron chi connectivity index (χ3n) is 7.35. The van der Waals surface area contributed by atoms with Gasteiger partial charge in [-0.15, -0.1) is 5.10 Å². The van der Waals surface area contributed by atoms with E-state index in [1.807, 2.05) is 0 Å². The van der Waals surface area contributed by atoms with E-state index >= 15 is 0 Å². The van der Waals surface area contributed by atoms with Crippen LogP contribution in [0.2, 0.25) is 5.02 Å². The maximum atomic E-state index is 13.9. The average molecular weight is 618 g/mol. The molecule has 2 N–H and O–H groups in total. The van der Waals surface area contributed by atoms with Crippen LogP contribution in [-0.4, -0.2) is 72.0 Å². The summed E-state index contributed by atoms with van der Waals surface area (Å²) in [5, 5.41) is 29.8. The summed E-state index contributed by atoms with van der Waals surface area (Å²) in [6.45, 7) is 1.14. The highest BCUT2D eigenvalue weighted by Crippen LogP contribution is 2.38. The Labute approximate surface area is 249 Å². The van der Waals surface area contributed by atoms with Crippen molar-refractivity contribution in [1.29, 1.82) is 0 Å². The van der Waals surface area contributed by atoms with Crippen molar-refractivity contribution in [2.45, 2.75) is 50.4 Å². The van der Waals surface area contributed by atoms with Crippen molar-refractivity contribution in [3.05, 3.63) is 94.9 Å². The minimum Gasteiger partial charge on any atom is -0.394 e. The van der Waals surface area contributed by atoms with Crippen molar-refractivity contribution in [2.75, 3.05) is 6.61 Å². The van der Waals surface area contributed by atoms with E-state index in [1.165, 1.54) is 29.6 Å². The van der Waals surface area contributed by atoms with Gasteiger partial charge in [-0.3, -0.25) is 4.79 Å². The van der Waals surface area contributed by atoms with Gasteiger partial charge in [0.1, 0.15) is 30.3 Å². The molecule has 2 aromatic heterocycles. The molecule has 2 unspecified atom stereocenters. The van der Waals surface area contributed by atoms with E-state index in [0.717, 1.165) is 17.7 Å². The van der Waals surface area contributed by atoms with E-state index in [2.05, 4.69) is 20.3 Å². The van der Waals surface area contributed by atoms with Crippen molar-refractivity contribution >= 4 is 17.4 Å². The third kappa shape index (κ3) is 6.76. The topological polar surface area (TPSA) is 132 Å². The first-order valence-corrected chi connectivity index (χ1v) is 13.7. The van der Waals surface area contributed by atoms with Crippen molar-refractivity contribution in [3.8, 4) is 11.3 Å². The zero-order chi connectivity index (χ0) is 30.7. The quantitative estimate of drug-likeness (QED) is 0.257. The van der Waals surface area contributed by atoms with Crippen LogP contribution in [0.3, 0.4) is 0 Å². The maximum Gasteiger partial charge on any atom is 0.194 e. The molecule has 1 aliphatic heterocycles. The van der Waals surface area contributed by atoms with Crippen molar-refractivity contribution in [1.82, 2.24) is 25.0 Å². The zero-order valence-electron chi connectivity index (χ0n) is 22.7. The van der Waals surface area contributed by atoms with Gasteiger partial charge in [-0.05, 0) is 35.4 Å². The number of ether oxygens (including phenoxy) is 2. The normalized spacial score (nSPS) is 22.8. The molecule has 0 bridgehead atoms. The number of halogens is 4. The van der Waals surface area contributed by atoms with Crippen LogP contribution in [0.5, 0.6) is 0 Å². The first kappa shape index (κ1) is 30.7. The van der Waals surface area contributed by atoms with E-state index in [4.69, 9.17) is 21.1 Å². The van der Waals surface area contributed by atoms with Crippen LogP contribution in [0.4, 0.5) is 13.2 Å². The monoisotopic (exact) mass is 617 g/mol. The number of hydrogen-bond acceptors (Lipinski definition) is 9. The summed E-state index contributed by atoms with van der Waals surface area (Å²) >= 11 is 6.00. The smallest absolute Gasteiger partial charge is 0.194 e. The lowest BCUT2D eigenvalue weighted by Gasteiger charge is -2.45. The lowest BCUT2D eigenvalue weighted by molar-refractivity contribution is -0.214. The Balaban J connectivity index is 1.46. The molecule has 0 aliphatic carbocycles. The summed E-state index contributed by atoms with van der Waals surface area (Å²) in [5.74, 6) is -5.43. The van der Waals surface area contributed by atoms with Gasteiger partial charge in [0, 0.05) is 35.3 Å². The van der Waals surface area contributed by atoms with Gasteiger partial charge in [0.15, 0.2) is 23.2 Å².